The van der Waals surface area contributed by atoms with Crippen LogP contribution in [0.3, 0.4) is 0 Å². The van der Waals surface area contributed by atoms with Crippen LogP contribution in [-0.2, 0) is 28.5 Å². The number of ether oxygens (including phenoxy) is 5. The third-order valence-electron chi connectivity index (χ3n) is 2.32. The Morgan fingerprint density at radius 3 is 1.33 bits per heavy atom. The number of aliphatic hydroxyl groups excluding tert-OH is 1. The van der Waals surface area contributed by atoms with E-state index in [0.717, 1.165) is 0 Å². The molecular weight excluding hydrogens is 280 g/mol. The van der Waals surface area contributed by atoms with E-state index in [0.29, 0.717) is 72.5 Å². The molecule has 0 fully saturated rings. The summed E-state index contributed by atoms with van der Waals surface area (Å²) < 4.78 is 26.1. The van der Waals surface area contributed by atoms with Crippen LogP contribution in [0, 0.1) is 0 Å². The Hall–Kier alpha value is -0.570. The zero-order chi connectivity index (χ0) is 15.6. The first-order chi connectivity index (χ1) is 10.3. The molecule has 7 heteroatoms. The predicted octanol–water partition coefficient (Wildman–Crippen LogP) is 0.0408. The Morgan fingerprint density at radius 1 is 0.667 bits per heavy atom. The fourth-order valence-electron chi connectivity index (χ4n) is 1.26. The van der Waals surface area contributed by atoms with Crippen molar-refractivity contribution in [2.24, 2.45) is 0 Å². The van der Waals surface area contributed by atoms with Crippen LogP contribution in [0.1, 0.15) is 13.3 Å². The van der Waals surface area contributed by atoms with Gasteiger partial charge in [-0.3, -0.25) is 4.79 Å². The topological polar surface area (TPSA) is 83.5 Å². The number of Topliss-reactive ketones (excluding diaryl/α,β-unsaturated/α-hetero) is 1. The molecule has 0 aliphatic carbocycles. The average molecular weight is 308 g/mol. The van der Waals surface area contributed by atoms with E-state index in [2.05, 4.69) is 0 Å². The van der Waals surface area contributed by atoms with Crippen LogP contribution in [0.25, 0.3) is 0 Å². The molecule has 0 aliphatic heterocycles. The van der Waals surface area contributed by atoms with E-state index in [4.69, 9.17) is 28.8 Å². The van der Waals surface area contributed by atoms with Gasteiger partial charge in [-0.25, -0.2) is 0 Å². The highest BCUT2D eigenvalue weighted by atomic mass is 16.6. The molecule has 0 aromatic heterocycles. The van der Waals surface area contributed by atoms with Crippen LogP contribution in [-0.4, -0.2) is 83.6 Å². The summed E-state index contributed by atoms with van der Waals surface area (Å²) >= 11 is 0. The van der Waals surface area contributed by atoms with Crippen molar-refractivity contribution >= 4 is 5.78 Å². The van der Waals surface area contributed by atoms with Crippen LogP contribution in [0.5, 0.6) is 0 Å². The fraction of sp³-hybridized carbons (Fsp3) is 0.929. The minimum atomic E-state index is 0.0326. The Balaban J connectivity index is 2.95. The third kappa shape index (κ3) is 19.4. The van der Waals surface area contributed by atoms with Gasteiger partial charge in [0.15, 0.2) is 0 Å². The number of hydrogen-bond acceptors (Lipinski definition) is 7. The molecule has 0 saturated heterocycles. The maximum Gasteiger partial charge on any atom is 0.132 e. The highest BCUT2D eigenvalue weighted by Gasteiger charge is 1.95. The molecule has 0 radical (unpaired) electrons. The van der Waals surface area contributed by atoms with Gasteiger partial charge in [0.05, 0.1) is 72.7 Å². The van der Waals surface area contributed by atoms with Gasteiger partial charge >= 0.3 is 0 Å². The van der Waals surface area contributed by atoms with Crippen LogP contribution >= 0.6 is 0 Å². The lowest BCUT2D eigenvalue weighted by atomic mass is 10.3. The second-order valence-electron chi connectivity index (χ2n) is 4.24. The summed E-state index contributed by atoms with van der Waals surface area (Å²) in [6.45, 7) is 6.38. The van der Waals surface area contributed by atoms with E-state index in [9.17, 15) is 4.79 Å². The van der Waals surface area contributed by atoms with Crippen molar-refractivity contribution in [2.45, 2.75) is 13.3 Å². The molecule has 0 amide bonds. The van der Waals surface area contributed by atoms with E-state index >= 15 is 0 Å². The van der Waals surface area contributed by atoms with Crippen molar-refractivity contribution < 1.29 is 33.6 Å². The van der Waals surface area contributed by atoms with Crippen molar-refractivity contribution in [1.29, 1.82) is 0 Å². The van der Waals surface area contributed by atoms with Crippen molar-refractivity contribution in [2.75, 3.05) is 72.7 Å². The molecule has 126 valence electrons. The van der Waals surface area contributed by atoms with Crippen LogP contribution in [0.15, 0.2) is 0 Å². The standard InChI is InChI=1S/C14H28O7/c1-14(16)2-4-17-6-8-19-10-12-21-13-11-20-9-7-18-5-3-15/h15H,2-13H2,1H3. The molecule has 0 aromatic carbocycles. The maximum atomic E-state index is 10.6. The Labute approximate surface area is 126 Å². The normalized spacial score (nSPS) is 11.0. The number of ketones is 1. The second kappa shape index (κ2) is 17.5. The van der Waals surface area contributed by atoms with Gasteiger partial charge in [0.25, 0.3) is 0 Å². The van der Waals surface area contributed by atoms with Crippen molar-refractivity contribution in [3.05, 3.63) is 0 Å². The zero-order valence-electron chi connectivity index (χ0n) is 12.9. The molecular formula is C14H28O7. The lowest BCUT2D eigenvalue weighted by molar-refractivity contribution is -0.118. The van der Waals surface area contributed by atoms with E-state index < -0.39 is 0 Å². The molecule has 0 aromatic rings. The van der Waals surface area contributed by atoms with Crippen LogP contribution in [0.2, 0.25) is 0 Å². The lowest BCUT2D eigenvalue weighted by Gasteiger charge is -2.07. The molecule has 0 saturated carbocycles. The summed E-state index contributed by atoms with van der Waals surface area (Å²) in [5.41, 5.74) is 0. The monoisotopic (exact) mass is 308 g/mol. The van der Waals surface area contributed by atoms with E-state index in [1.165, 1.54) is 0 Å². The molecule has 0 atom stereocenters. The molecule has 0 aliphatic rings. The molecule has 1 N–H and O–H groups in total. The number of rotatable bonds is 17. The number of carbonyl (C=O) groups excluding carboxylic acids is 1. The molecule has 7 nitrogen and oxygen atoms in total. The van der Waals surface area contributed by atoms with Gasteiger partial charge in [-0.1, -0.05) is 0 Å². The molecule has 0 unspecified atom stereocenters. The minimum absolute atomic E-state index is 0.0326. The summed E-state index contributed by atoms with van der Waals surface area (Å²) in [4.78, 5) is 10.6. The summed E-state index contributed by atoms with van der Waals surface area (Å²) in [5.74, 6) is 0.131. The van der Waals surface area contributed by atoms with E-state index in [1.54, 1.807) is 6.92 Å². The fourth-order valence-corrected chi connectivity index (χ4v) is 1.26. The number of hydrogen-bond donors (Lipinski definition) is 1. The highest BCUT2D eigenvalue weighted by molar-refractivity contribution is 5.75. The first-order valence-electron chi connectivity index (χ1n) is 7.26. The highest BCUT2D eigenvalue weighted by Crippen LogP contribution is 1.86. The zero-order valence-corrected chi connectivity index (χ0v) is 12.9. The van der Waals surface area contributed by atoms with Crippen molar-refractivity contribution in [1.82, 2.24) is 0 Å². The number of carbonyl (C=O) groups is 1. The molecule has 0 heterocycles. The third-order valence-corrected chi connectivity index (χ3v) is 2.32. The van der Waals surface area contributed by atoms with Gasteiger partial charge in [0.2, 0.25) is 0 Å². The van der Waals surface area contributed by atoms with Gasteiger partial charge < -0.3 is 28.8 Å². The SMILES string of the molecule is CC(=O)CCOCCOCCOCCOCCOCCO. The smallest absolute Gasteiger partial charge is 0.132 e. The van der Waals surface area contributed by atoms with E-state index in [-0.39, 0.29) is 12.4 Å². The quantitative estimate of drug-likeness (QED) is 0.380. The minimum Gasteiger partial charge on any atom is -0.394 e. The average Bonchev–Trinajstić information content (AvgIpc) is 2.46. The lowest BCUT2D eigenvalue weighted by Crippen LogP contribution is -2.14. The van der Waals surface area contributed by atoms with Gasteiger partial charge in [0, 0.05) is 6.42 Å². The van der Waals surface area contributed by atoms with Gasteiger partial charge in [0.1, 0.15) is 5.78 Å². The second-order valence-corrected chi connectivity index (χ2v) is 4.24. The summed E-state index contributed by atoms with van der Waals surface area (Å²) in [5, 5.41) is 8.47. The predicted molar refractivity (Wildman–Crippen MR) is 76.5 cm³/mol. The van der Waals surface area contributed by atoms with Crippen molar-refractivity contribution in [3.63, 3.8) is 0 Å². The Kier molecular flexibility index (Phi) is 17.0. The summed E-state index contributed by atoms with van der Waals surface area (Å²) in [7, 11) is 0. The van der Waals surface area contributed by atoms with Crippen LogP contribution < -0.4 is 0 Å². The molecule has 0 rings (SSSR count). The first kappa shape index (κ1) is 20.4. The van der Waals surface area contributed by atoms with E-state index in [1.807, 2.05) is 0 Å². The van der Waals surface area contributed by atoms with Gasteiger partial charge in [-0.2, -0.15) is 0 Å². The molecule has 21 heavy (non-hydrogen) atoms. The van der Waals surface area contributed by atoms with Crippen molar-refractivity contribution in [3.8, 4) is 0 Å². The summed E-state index contributed by atoms with van der Waals surface area (Å²) in [6.07, 6.45) is 0.453. The van der Waals surface area contributed by atoms with Gasteiger partial charge in [-0.05, 0) is 6.92 Å². The van der Waals surface area contributed by atoms with Crippen LogP contribution in [0.4, 0.5) is 0 Å². The number of aliphatic hydroxyl groups is 1. The molecule has 0 spiro atoms. The Bertz CT molecular complexity index is 223. The summed E-state index contributed by atoms with van der Waals surface area (Å²) in [6, 6.07) is 0. The van der Waals surface area contributed by atoms with Gasteiger partial charge in [-0.15, -0.1) is 0 Å². The Morgan fingerprint density at radius 2 is 1.00 bits per heavy atom. The maximum absolute atomic E-state index is 10.6. The first-order valence-corrected chi connectivity index (χ1v) is 7.26. The molecule has 0 bridgehead atoms. The largest absolute Gasteiger partial charge is 0.394 e.